The maximum absolute atomic E-state index is 12.3. The van der Waals surface area contributed by atoms with Crippen molar-refractivity contribution in [2.45, 2.75) is 33.2 Å². The summed E-state index contributed by atoms with van der Waals surface area (Å²) in [6.45, 7) is 7.38. The van der Waals surface area contributed by atoms with Crippen LogP contribution in [0.4, 0.5) is 5.69 Å². The summed E-state index contributed by atoms with van der Waals surface area (Å²) in [6.07, 6.45) is 0. The second-order valence-corrected chi connectivity index (χ2v) is 6.53. The molecule has 25 heavy (non-hydrogen) atoms. The minimum absolute atomic E-state index is 0.0445. The molecule has 0 atom stereocenters. The summed E-state index contributed by atoms with van der Waals surface area (Å²) in [5.41, 5.74) is 4.21. The first kappa shape index (κ1) is 17.3. The SMILES string of the molecule is Cc1cccc(C(C)C)c1NC(=O)CNCc1ccc2c(c1)OCO2. The van der Waals surface area contributed by atoms with Crippen molar-refractivity contribution in [3.05, 3.63) is 53.1 Å². The van der Waals surface area contributed by atoms with Gasteiger partial charge in [-0.1, -0.05) is 38.1 Å². The van der Waals surface area contributed by atoms with Crippen LogP contribution in [0.2, 0.25) is 0 Å². The topological polar surface area (TPSA) is 59.6 Å². The number of amides is 1. The van der Waals surface area contributed by atoms with Gasteiger partial charge in [0.25, 0.3) is 0 Å². The molecule has 5 nitrogen and oxygen atoms in total. The number of benzene rings is 2. The zero-order chi connectivity index (χ0) is 17.8. The zero-order valence-electron chi connectivity index (χ0n) is 14.9. The highest BCUT2D eigenvalue weighted by Gasteiger charge is 2.14. The molecule has 0 unspecified atom stereocenters. The van der Waals surface area contributed by atoms with Crippen LogP contribution in [0, 0.1) is 6.92 Å². The lowest BCUT2D eigenvalue weighted by Gasteiger charge is -2.16. The molecule has 0 aliphatic carbocycles. The van der Waals surface area contributed by atoms with E-state index in [0.29, 0.717) is 12.5 Å². The molecule has 2 aromatic rings. The molecule has 5 heteroatoms. The molecular weight excluding hydrogens is 316 g/mol. The van der Waals surface area contributed by atoms with E-state index >= 15 is 0 Å². The molecule has 1 aliphatic heterocycles. The molecule has 0 aromatic heterocycles. The molecule has 0 saturated carbocycles. The Balaban J connectivity index is 1.55. The van der Waals surface area contributed by atoms with Gasteiger partial charge in [0.05, 0.1) is 6.54 Å². The Bertz CT molecular complexity index is 772. The zero-order valence-corrected chi connectivity index (χ0v) is 14.9. The maximum atomic E-state index is 12.3. The third-order valence-electron chi connectivity index (χ3n) is 4.24. The number of anilines is 1. The van der Waals surface area contributed by atoms with Crippen molar-refractivity contribution in [2.75, 3.05) is 18.7 Å². The molecule has 132 valence electrons. The van der Waals surface area contributed by atoms with Gasteiger partial charge in [0.1, 0.15) is 0 Å². The Morgan fingerprint density at radius 1 is 1.16 bits per heavy atom. The van der Waals surface area contributed by atoms with E-state index in [4.69, 9.17) is 9.47 Å². The molecule has 2 N–H and O–H groups in total. The quantitative estimate of drug-likeness (QED) is 0.844. The van der Waals surface area contributed by atoms with Gasteiger partial charge in [0, 0.05) is 12.2 Å². The predicted octanol–water partition coefficient (Wildman–Crippen LogP) is 3.58. The fourth-order valence-electron chi connectivity index (χ4n) is 2.90. The number of aryl methyl sites for hydroxylation is 1. The highest BCUT2D eigenvalue weighted by atomic mass is 16.7. The Hall–Kier alpha value is -2.53. The van der Waals surface area contributed by atoms with Gasteiger partial charge in [0.15, 0.2) is 11.5 Å². The summed E-state index contributed by atoms with van der Waals surface area (Å²) in [5.74, 6) is 1.83. The molecule has 0 fully saturated rings. The summed E-state index contributed by atoms with van der Waals surface area (Å²) in [5, 5.41) is 6.21. The Kier molecular flexibility index (Phi) is 5.24. The fourth-order valence-corrected chi connectivity index (χ4v) is 2.90. The van der Waals surface area contributed by atoms with E-state index in [2.05, 4.69) is 30.5 Å². The number of carbonyl (C=O) groups excluding carboxylic acids is 1. The van der Waals surface area contributed by atoms with Gasteiger partial charge in [-0.15, -0.1) is 0 Å². The first-order chi connectivity index (χ1) is 12.0. The number of rotatable bonds is 6. The van der Waals surface area contributed by atoms with Gasteiger partial charge in [0.2, 0.25) is 12.7 Å². The lowest BCUT2D eigenvalue weighted by Crippen LogP contribution is -2.28. The van der Waals surface area contributed by atoms with Crippen LogP contribution in [0.3, 0.4) is 0 Å². The van der Waals surface area contributed by atoms with E-state index in [9.17, 15) is 4.79 Å². The van der Waals surface area contributed by atoms with Crippen LogP contribution < -0.4 is 20.1 Å². The number of carbonyl (C=O) groups is 1. The maximum Gasteiger partial charge on any atom is 0.238 e. The molecule has 1 aliphatic rings. The standard InChI is InChI=1S/C20H24N2O3/c1-13(2)16-6-4-5-14(3)20(16)22-19(23)11-21-10-15-7-8-17-18(9-15)25-12-24-17/h4-9,13,21H,10-12H2,1-3H3,(H,22,23). The molecule has 1 heterocycles. The molecule has 0 saturated heterocycles. The predicted molar refractivity (Wildman–Crippen MR) is 98.2 cm³/mol. The van der Waals surface area contributed by atoms with Crippen molar-refractivity contribution < 1.29 is 14.3 Å². The van der Waals surface area contributed by atoms with Crippen molar-refractivity contribution in [1.82, 2.24) is 5.32 Å². The van der Waals surface area contributed by atoms with Crippen molar-refractivity contribution in [3.63, 3.8) is 0 Å². The smallest absolute Gasteiger partial charge is 0.238 e. The van der Waals surface area contributed by atoms with Crippen LogP contribution in [-0.2, 0) is 11.3 Å². The lowest BCUT2D eigenvalue weighted by atomic mass is 9.98. The summed E-state index contributed by atoms with van der Waals surface area (Å²) < 4.78 is 10.7. The highest BCUT2D eigenvalue weighted by Crippen LogP contribution is 2.32. The molecule has 0 radical (unpaired) electrons. The van der Waals surface area contributed by atoms with Crippen molar-refractivity contribution in [1.29, 1.82) is 0 Å². The number of fused-ring (bicyclic) bond motifs is 1. The minimum atomic E-state index is -0.0445. The second-order valence-electron chi connectivity index (χ2n) is 6.53. The van der Waals surface area contributed by atoms with E-state index in [0.717, 1.165) is 33.9 Å². The number of hydrogen-bond acceptors (Lipinski definition) is 4. The molecule has 1 amide bonds. The second kappa shape index (κ2) is 7.57. The van der Waals surface area contributed by atoms with Crippen molar-refractivity contribution >= 4 is 11.6 Å². The normalized spacial score (nSPS) is 12.5. The first-order valence-corrected chi connectivity index (χ1v) is 8.53. The number of nitrogens with one attached hydrogen (secondary N) is 2. The van der Waals surface area contributed by atoms with E-state index in [1.807, 2.05) is 37.3 Å². The van der Waals surface area contributed by atoms with E-state index < -0.39 is 0 Å². The summed E-state index contributed by atoms with van der Waals surface area (Å²) in [7, 11) is 0. The van der Waals surface area contributed by atoms with Crippen LogP contribution in [0.25, 0.3) is 0 Å². The summed E-state index contributed by atoms with van der Waals surface area (Å²) in [4.78, 5) is 12.3. The third-order valence-corrected chi connectivity index (χ3v) is 4.24. The van der Waals surface area contributed by atoms with Gasteiger partial charge in [-0.2, -0.15) is 0 Å². The van der Waals surface area contributed by atoms with Gasteiger partial charge in [-0.25, -0.2) is 0 Å². The fraction of sp³-hybridized carbons (Fsp3) is 0.350. The van der Waals surface area contributed by atoms with Gasteiger partial charge in [-0.05, 0) is 41.7 Å². The van der Waals surface area contributed by atoms with Crippen LogP contribution in [-0.4, -0.2) is 19.2 Å². The Morgan fingerprint density at radius 3 is 2.76 bits per heavy atom. The number of ether oxygens (including phenoxy) is 2. The average molecular weight is 340 g/mol. The highest BCUT2D eigenvalue weighted by molar-refractivity contribution is 5.93. The van der Waals surface area contributed by atoms with Crippen LogP contribution in [0.15, 0.2) is 36.4 Å². The number of hydrogen-bond donors (Lipinski definition) is 2. The summed E-state index contributed by atoms with van der Waals surface area (Å²) >= 11 is 0. The molecule has 0 spiro atoms. The van der Waals surface area contributed by atoms with Crippen LogP contribution in [0.5, 0.6) is 11.5 Å². The Morgan fingerprint density at radius 2 is 1.96 bits per heavy atom. The van der Waals surface area contributed by atoms with Crippen LogP contribution >= 0.6 is 0 Å². The lowest BCUT2D eigenvalue weighted by molar-refractivity contribution is -0.115. The van der Waals surface area contributed by atoms with E-state index in [1.165, 1.54) is 0 Å². The molecular formula is C20H24N2O3. The van der Waals surface area contributed by atoms with Gasteiger partial charge < -0.3 is 20.1 Å². The number of para-hydroxylation sites is 1. The molecule has 0 bridgehead atoms. The third kappa shape index (κ3) is 4.12. The minimum Gasteiger partial charge on any atom is -0.454 e. The Labute approximate surface area is 148 Å². The monoisotopic (exact) mass is 340 g/mol. The first-order valence-electron chi connectivity index (χ1n) is 8.53. The van der Waals surface area contributed by atoms with Gasteiger partial charge >= 0.3 is 0 Å². The average Bonchev–Trinajstić information content (AvgIpc) is 3.04. The largest absolute Gasteiger partial charge is 0.454 e. The molecule has 3 rings (SSSR count). The van der Waals surface area contributed by atoms with Gasteiger partial charge in [-0.3, -0.25) is 4.79 Å². The van der Waals surface area contributed by atoms with E-state index in [-0.39, 0.29) is 19.2 Å². The van der Waals surface area contributed by atoms with E-state index in [1.54, 1.807) is 0 Å². The molecule has 2 aromatic carbocycles. The van der Waals surface area contributed by atoms with Crippen molar-refractivity contribution in [3.8, 4) is 11.5 Å². The summed E-state index contributed by atoms with van der Waals surface area (Å²) in [6, 6.07) is 11.9. The van der Waals surface area contributed by atoms with Crippen LogP contribution in [0.1, 0.15) is 36.5 Å². The van der Waals surface area contributed by atoms with Crippen molar-refractivity contribution in [2.24, 2.45) is 0 Å².